The zero-order valence-electron chi connectivity index (χ0n) is 10.7. The number of hydrogen-bond acceptors (Lipinski definition) is 3. The Hall–Kier alpha value is -1.55. The lowest BCUT2D eigenvalue weighted by atomic mass is 10.0. The van der Waals surface area contributed by atoms with Gasteiger partial charge in [0.25, 0.3) is 0 Å². The molecule has 0 unspecified atom stereocenters. The molecule has 0 saturated carbocycles. The van der Waals surface area contributed by atoms with Crippen molar-refractivity contribution in [1.82, 2.24) is 4.90 Å². The number of carbonyl (C=O) groups excluding carboxylic acids is 1. The first kappa shape index (κ1) is 12.9. The van der Waals surface area contributed by atoms with Gasteiger partial charge in [0, 0.05) is 6.54 Å². The van der Waals surface area contributed by atoms with Gasteiger partial charge >= 0.3 is 6.09 Å². The van der Waals surface area contributed by atoms with E-state index in [1.54, 1.807) is 4.90 Å². The van der Waals surface area contributed by atoms with Crippen LogP contribution in [0.5, 0.6) is 0 Å². The summed E-state index contributed by atoms with van der Waals surface area (Å²) in [5, 5.41) is 9.27. The maximum absolute atomic E-state index is 11.8. The second-order valence-corrected chi connectivity index (χ2v) is 4.54. The summed E-state index contributed by atoms with van der Waals surface area (Å²) in [7, 11) is 0. The number of unbranched alkanes of at least 4 members (excludes halogenated alkanes) is 1. The Kier molecular flexibility index (Phi) is 4.20. The molecule has 4 heteroatoms. The summed E-state index contributed by atoms with van der Waals surface area (Å²) in [6.07, 6.45) is 1.65. The van der Waals surface area contributed by atoms with Crippen LogP contribution in [0.3, 0.4) is 0 Å². The molecule has 0 atom stereocenters. The molecule has 0 aliphatic carbocycles. The number of ether oxygens (including phenoxy) is 1. The zero-order valence-corrected chi connectivity index (χ0v) is 10.7. The number of aliphatic hydroxyl groups is 1. The van der Waals surface area contributed by atoms with Gasteiger partial charge in [-0.1, -0.05) is 31.5 Å². The Bertz CT molecular complexity index is 431. The average molecular weight is 249 g/mol. The molecule has 1 N–H and O–H groups in total. The van der Waals surface area contributed by atoms with Gasteiger partial charge in [-0.05, 0) is 23.1 Å². The van der Waals surface area contributed by atoms with E-state index in [9.17, 15) is 9.90 Å². The van der Waals surface area contributed by atoms with E-state index < -0.39 is 0 Å². The van der Waals surface area contributed by atoms with Crippen LogP contribution in [0, 0.1) is 0 Å². The smallest absolute Gasteiger partial charge is 0.410 e. The Balaban J connectivity index is 1.99. The van der Waals surface area contributed by atoms with E-state index in [2.05, 4.69) is 6.92 Å². The van der Waals surface area contributed by atoms with Gasteiger partial charge in [-0.3, -0.25) is 4.90 Å². The van der Waals surface area contributed by atoms with Gasteiger partial charge in [0.05, 0.1) is 19.8 Å². The van der Waals surface area contributed by atoms with Crippen molar-refractivity contribution in [2.24, 2.45) is 0 Å². The van der Waals surface area contributed by atoms with Gasteiger partial charge in [-0.25, -0.2) is 4.79 Å². The normalized spacial score (nSPS) is 13.6. The van der Waals surface area contributed by atoms with E-state index >= 15 is 0 Å². The van der Waals surface area contributed by atoms with Crippen LogP contribution in [-0.2, 0) is 24.4 Å². The minimum absolute atomic E-state index is 0.0158. The van der Waals surface area contributed by atoms with Crippen molar-refractivity contribution in [3.05, 3.63) is 34.9 Å². The maximum atomic E-state index is 11.8. The van der Waals surface area contributed by atoms with Crippen molar-refractivity contribution in [2.75, 3.05) is 6.61 Å². The van der Waals surface area contributed by atoms with Crippen molar-refractivity contribution < 1.29 is 14.6 Å². The largest absolute Gasteiger partial charge is 0.449 e. The van der Waals surface area contributed by atoms with Gasteiger partial charge in [0.1, 0.15) is 0 Å². The fraction of sp³-hybridized carbons (Fsp3) is 0.500. The molecule has 0 spiro atoms. The van der Waals surface area contributed by atoms with Gasteiger partial charge in [0.15, 0.2) is 0 Å². The highest BCUT2D eigenvalue weighted by Crippen LogP contribution is 2.26. The molecule has 0 fully saturated rings. The van der Waals surface area contributed by atoms with Crippen LogP contribution >= 0.6 is 0 Å². The van der Waals surface area contributed by atoms with Crippen LogP contribution in [0.15, 0.2) is 18.2 Å². The summed E-state index contributed by atoms with van der Waals surface area (Å²) in [4.78, 5) is 13.5. The van der Waals surface area contributed by atoms with E-state index in [1.807, 2.05) is 18.2 Å². The molecular weight excluding hydrogens is 230 g/mol. The highest BCUT2D eigenvalue weighted by molar-refractivity contribution is 5.69. The monoisotopic (exact) mass is 249 g/mol. The Morgan fingerprint density at radius 3 is 3.00 bits per heavy atom. The Morgan fingerprint density at radius 2 is 2.28 bits per heavy atom. The fourth-order valence-electron chi connectivity index (χ4n) is 2.16. The van der Waals surface area contributed by atoms with Crippen molar-refractivity contribution in [1.29, 1.82) is 0 Å². The number of aliphatic hydroxyl groups excluding tert-OH is 1. The maximum Gasteiger partial charge on any atom is 0.410 e. The first-order chi connectivity index (χ1) is 8.76. The summed E-state index contributed by atoms with van der Waals surface area (Å²) in [5.41, 5.74) is 3.07. The second kappa shape index (κ2) is 5.87. The summed E-state index contributed by atoms with van der Waals surface area (Å²) in [6.45, 7) is 3.68. The molecular formula is C14H19NO3. The number of hydrogen-bond donors (Lipinski definition) is 1. The van der Waals surface area contributed by atoms with E-state index in [-0.39, 0.29) is 12.7 Å². The Labute approximate surface area is 107 Å². The molecule has 98 valence electrons. The molecule has 18 heavy (non-hydrogen) atoms. The molecule has 0 saturated heterocycles. The minimum Gasteiger partial charge on any atom is -0.449 e. The topological polar surface area (TPSA) is 49.8 Å². The standard InChI is InChI=1S/C14H19NO3/c1-2-3-7-18-14(17)15-8-11-5-4-6-12(10-16)13(11)9-15/h4-6,16H,2-3,7-10H2,1H3. The fourth-order valence-corrected chi connectivity index (χ4v) is 2.16. The minimum atomic E-state index is -0.261. The number of benzene rings is 1. The third-order valence-corrected chi connectivity index (χ3v) is 3.23. The van der Waals surface area contributed by atoms with Crippen LogP contribution in [0.1, 0.15) is 36.5 Å². The molecule has 0 radical (unpaired) electrons. The van der Waals surface area contributed by atoms with E-state index in [0.717, 1.165) is 29.5 Å². The number of carbonyl (C=O) groups is 1. The van der Waals surface area contributed by atoms with Crippen molar-refractivity contribution in [2.45, 2.75) is 39.5 Å². The first-order valence-corrected chi connectivity index (χ1v) is 6.38. The third-order valence-electron chi connectivity index (χ3n) is 3.23. The van der Waals surface area contributed by atoms with Crippen LogP contribution < -0.4 is 0 Å². The highest BCUT2D eigenvalue weighted by atomic mass is 16.6. The van der Waals surface area contributed by atoms with Crippen LogP contribution in [0.25, 0.3) is 0 Å². The lowest BCUT2D eigenvalue weighted by Gasteiger charge is -2.15. The van der Waals surface area contributed by atoms with E-state index in [1.165, 1.54) is 0 Å². The van der Waals surface area contributed by atoms with Gasteiger partial charge in [-0.2, -0.15) is 0 Å². The summed E-state index contributed by atoms with van der Waals surface area (Å²) >= 11 is 0. The summed E-state index contributed by atoms with van der Waals surface area (Å²) in [5.74, 6) is 0. The van der Waals surface area contributed by atoms with Crippen molar-refractivity contribution in [3.8, 4) is 0 Å². The van der Waals surface area contributed by atoms with Crippen LogP contribution in [-0.4, -0.2) is 22.7 Å². The highest BCUT2D eigenvalue weighted by Gasteiger charge is 2.25. The zero-order chi connectivity index (χ0) is 13.0. The number of fused-ring (bicyclic) bond motifs is 1. The van der Waals surface area contributed by atoms with Gasteiger partial charge in [0.2, 0.25) is 0 Å². The Morgan fingerprint density at radius 1 is 1.44 bits per heavy atom. The SMILES string of the molecule is CCCCOC(=O)N1Cc2cccc(CO)c2C1. The van der Waals surface area contributed by atoms with E-state index in [4.69, 9.17) is 4.74 Å². The molecule has 1 aliphatic rings. The van der Waals surface area contributed by atoms with Crippen LogP contribution in [0.2, 0.25) is 0 Å². The average Bonchev–Trinajstić information content (AvgIpc) is 2.82. The summed E-state index contributed by atoms with van der Waals surface area (Å²) in [6, 6.07) is 5.80. The van der Waals surface area contributed by atoms with Crippen molar-refractivity contribution >= 4 is 6.09 Å². The van der Waals surface area contributed by atoms with E-state index in [0.29, 0.717) is 19.7 Å². The molecule has 0 aromatic heterocycles. The molecule has 2 rings (SSSR count). The molecule has 1 aromatic rings. The third kappa shape index (κ3) is 2.64. The quantitative estimate of drug-likeness (QED) is 0.834. The van der Waals surface area contributed by atoms with Crippen molar-refractivity contribution in [3.63, 3.8) is 0 Å². The molecule has 4 nitrogen and oxygen atoms in total. The summed E-state index contributed by atoms with van der Waals surface area (Å²) < 4.78 is 5.20. The van der Waals surface area contributed by atoms with Gasteiger partial charge in [-0.15, -0.1) is 0 Å². The molecule has 1 aromatic carbocycles. The molecule has 1 amide bonds. The lowest BCUT2D eigenvalue weighted by Crippen LogP contribution is -2.26. The predicted molar refractivity (Wildman–Crippen MR) is 67.9 cm³/mol. The first-order valence-electron chi connectivity index (χ1n) is 6.38. The molecule has 0 bridgehead atoms. The van der Waals surface area contributed by atoms with Gasteiger partial charge < -0.3 is 9.84 Å². The predicted octanol–water partition coefficient (Wildman–Crippen LogP) is 2.43. The lowest BCUT2D eigenvalue weighted by molar-refractivity contribution is 0.100. The number of nitrogens with zero attached hydrogens (tertiary/aromatic N) is 1. The number of amides is 1. The van der Waals surface area contributed by atoms with Crippen LogP contribution in [0.4, 0.5) is 4.79 Å². The molecule has 1 aliphatic heterocycles. The second-order valence-electron chi connectivity index (χ2n) is 4.54. The number of rotatable bonds is 4. The molecule has 1 heterocycles.